The van der Waals surface area contributed by atoms with Crippen LogP contribution in [-0.4, -0.2) is 27.4 Å². The predicted molar refractivity (Wildman–Crippen MR) is 77.9 cm³/mol. The lowest BCUT2D eigenvalue weighted by Crippen LogP contribution is -1.85. The number of rotatable bonds is 5. The minimum absolute atomic E-state index is 0.458. The monoisotopic (exact) mass is 284 g/mol. The third-order valence-corrected chi connectivity index (χ3v) is 3.12. The van der Waals surface area contributed by atoms with E-state index >= 15 is 0 Å². The van der Waals surface area contributed by atoms with Gasteiger partial charge in [-0.15, -0.1) is 0 Å². The van der Waals surface area contributed by atoms with Crippen LogP contribution >= 0.6 is 0 Å². The Morgan fingerprint density at radius 1 is 1.29 bits per heavy atom. The summed E-state index contributed by atoms with van der Waals surface area (Å²) in [6, 6.07) is 9.60. The highest BCUT2D eigenvalue weighted by atomic mass is 16.5. The minimum Gasteiger partial charge on any atom is -0.497 e. The number of aryl methyl sites for hydroxylation is 1. The van der Waals surface area contributed by atoms with Gasteiger partial charge in [0.25, 0.3) is 5.89 Å². The molecule has 2 heterocycles. The fraction of sp³-hybridized carbons (Fsp3) is 0.267. The van der Waals surface area contributed by atoms with E-state index in [9.17, 15) is 0 Å². The highest BCUT2D eigenvalue weighted by molar-refractivity contribution is 5.65. The molecule has 0 spiro atoms. The first kappa shape index (κ1) is 13.4. The van der Waals surface area contributed by atoms with Crippen molar-refractivity contribution in [2.45, 2.75) is 19.8 Å². The van der Waals surface area contributed by atoms with E-state index in [1.807, 2.05) is 30.3 Å². The molecule has 6 heteroatoms. The standard InChI is InChI=1S/C15H16N4O2/c1-3-5-14-16-15(21-19-14)13-9-12(17-18-13)10-6-4-7-11(8-10)20-2/h4,6-9H,3,5H2,1-2H3,(H,17,18). The SMILES string of the molecule is CCCc1noc(-c2cc(-c3cccc(OC)c3)n[nH]2)n1. The lowest BCUT2D eigenvalue weighted by molar-refractivity contribution is 0.415. The molecule has 0 amide bonds. The van der Waals surface area contributed by atoms with Gasteiger partial charge in [-0.25, -0.2) is 0 Å². The number of aromatic nitrogens is 4. The van der Waals surface area contributed by atoms with Gasteiger partial charge in [0.1, 0.15) is 11.4 Å². The Morgan fingerprint density at radius 2 is 2.19 bits per heavy atom. The van der Waals surface area contributed by atoms with Crippen molar-refractivity contribution in [3.8, 4) is 28.6 Å². The van der Waals surface area contributed by atoms with Crippen molar-refractivity contribution in [1.29, 1.82) is 0 Å². The third-order valence-electron chi connectivity index (χ3n) is 3.12. The molecule has 21 heavy (non-hydrogen) atoms. The summed E-state index contributed by atoms with van der Waals surface area (Å²) in [7, 11) is 1.64. The van der Waals surface area contributed by atoms with Crippen LogP contribution in [0.25, 0.3) is 22.8 Å². The number of ether oxygens (including phenoxy) is 1. The summed E-state index contributed by atoms with van der Waals surface area (Å²) in [6.07, 6.45) is 1.79. The first-order valence-electron chi connectivity index (χ1n) is 6.83. The number of hydrogen-bond acceptors (Lipinski definition) is 5. The number of H-pyrrole nitrogens is 1. The summed E-state index contributed by atoms with van der Waals surface area (Å²) < 4.78 is 10.5. The number of nitrogens with zero attached hydrogens (tertiary/aromatic N) is 3. The quantitative estimate of drug-likeness (QED) is 0.779. The van der Waals surface area contributed by atoms with Gasteiger partial charge in [0, 0.05) is 12.0 Å². The van der Waals surface area contributed by atoms with Gasteiger partial charge < -0.3 is 9.26 Å². The molecule has 3 rings (SSSR count). The molecule has 1 N–H and O–H groups in total. The van der Waals surface area contributed by atoms with E-state index in [0.717, 1.165) is 29.8 Å². The van der Waals surface area contributed by atoms with E-state index in [4.69, 9.17) is 9.26 Å². The van der Waals surface area contributed by atoms with Crippen molar-refractivity contribution in [2.75, 3.05) is 7.11 Å². The molecular weight excluding hydrogens is 268 g/mol. The van der Waals surface area contributed by atoms with Crippen LogP contribution in [0, 0.1) is 0 Å². The van der Waals surface area contributed by atoms with Crippen molar-refractivity contribution in [1.82, 2.24) is 20.3 Å². The van der Waals surface area contributed by atoms with Gasteiger partial charge >= 0.3 is 0 Å². The van der Waals surface area contributed by atoms with Crippen LogP contribution in [0.15, 0.2) is 34.9 Å². The molecule has 2 aromatic heterocycles. The van der Waals surface area contributed by atoms with Gasteiger partial charge in [-0.1, -0.05) is 24.2 Å². The van der Waals surface area contributed by atoms with Crippen molar-refractivity contribution in [3.63, 3.8) is 0 Å². The molecule has 0 unspecified atom stereocenters. The molecule has 0 aliphatic carbocycles. The topological polar surface area (TPSA) is 76.8 Å². The zero-order chi connectivity index (χ0) is 14.7. The smallest absolute Gasteiger partial charge is 0.275 e. The highest BCUT2D eigenvalue weighted by Crippen LogP contribution is 2.25. The van der Waals surface area contributed by atoms with Crippen LogP contribution < -0.4 is 4.74 Å². The van der Waals surface area contributed by atoms with Crippen LogP contribution in [0.1, 0.15) is 19.2 Å². The number of aromatic amines is 1. The summed E-state index contributed by atoms with van der Waals surface area (Å²) in [6.45, 7) is 2.08. The van der Waals surface area contributed by atoms with E-state index in [2.05, 4.69) is 27.3 Å². The van der Waals surface area contributed by atoms with Crippen LogP contribution in [0.5, 0.6) is 5.75 Å². The average Bonchev–Trinajstić information content (AvgIpc) is 3.16. The van der Waals surface area contributed by atoms with Crippen LogP contribution in [0.2, 0.25) is 0 Å². The molecule has 0 fully saturated rings. The predicted octanol–water partition coefficient (Wildman–Crippen LogP) is 3.09. The molecule has 6 nitrogen and oxygen atoms in total. The lowest BCUT2D eigenvalue weighted by Gasteiger charge is -2.00. The number of nitrogens with one attached hydrogen (secondary N) is 1. The number of benzene rings is 1. The summed E-state index contributed by atoms with van der Waals surface area (Å²) >= 11 is 0. The molecule has 3 aromatic rings. The van der Waals surface area contributed by atoms with Crippen molar-refractivity contribution in [2.24, 2.45) is 0 Å². The molecule has 108 valence electrons. The lowest BCUT2D eigenvalue weighted by atomic mass is 10.1. The van der Waals surface area contributed by atoms with Gasteiger partial charge in [0.05, 0.1) is 12.8 Å². The number of hydrogen-bond donors (Lipinski definition) is 1. The maximum Gasteiger partial charge on any atom is 0.275 e. The Balaban J connectivity index is 1.88. The van der Waals surface area contributed by atoms with E-state index < -0.39 is 0 Å². The summed E-state index contributed by atoms with van der Waals surface area (Å²) in [4.78, 5) is 4.34. The Bertz CT molecular complexity index is 733. The molecule has 0 saturated heterocycles. The summed E-state index contributed by atoms with van der Waals surface area (Å²) in [5, 5.41) is 11.1. The van der Waals surface area contributed by atoms with E-state index in [0.29, 0.717) is 17.4 Å². The Kier molecular flexibility index (Phi) is 3.68. The molecule has 0 saturated carbocycles. The zero-order valence-electron chi connectivity index (χ0n) is 12.0. The van der Waals surface area contributed by atoms with Gasteiger partial charge in [-0.3, -0.25) is 5.10 Å². The Hall–Kier alpha value is -2.63. The van der Waals surface area contributed by atoms with Gasteiger partial charge in [-0.05, 0) is 24.6 Å². The zero-order valence-corrected chi connectivity index (χ0v) is 12.0. The largest absolute Gasteiger partial charge is 0.497 e. The maximum absolute atomic E-state index is 5.24. The molecule has 0 bridgehead atoms. The highest BCUT2D eigenvalue weighted by Gasteiger charge is 2.12. The van der Waals surface area contributed by atoms with Gasteiger partial charge in [-0.2, -0.15) is 10.1 Å². The van der Waals surface area contributed by atoms with Gasteiger partial charge in [0.2, 0.25) is 0 Å². The first-order chi connectivity index (χ1) is 10.3. The molecule has 1 aromatic carbocycles. The minimum atomic E-state index is 0.458. The van der Waals surface area contributed by atoms with E-state index in [1.54, 1.807) is 7.11 Å². The first-order valence-corrected chi connectivity index (χ1v) is 6.83. The van der Waals surface area contributed by atoms with E-state index in [1.165, 1.54) is 0 Å². The van der Waals surface area contributed by atoms with Crippen molar-refractivity contribution >= 4 is 0 Å². The molecule has 0 atom stereocenters. The second-order valence-corrected chi connectivity index (χ2v) is 4.66. The Labute approximate surface area is 122 Å². The fourth-order valence-corrected chi connectivity index (χ4v) is 2.05. The van der Waals surface area contributed by atoms with Gasteiger partial charge in [0.15, 0.2) is 5.82 Å². The second-order valence-electron chi connectivity index (χ2n) is 4.66. The number of methoxy groups -OCH3 is 1. The van der Waals surface area contributed by atoms with Crippen LogP contribution in [0.3, 0.4) is 0 Å². The van der Waals surface area contributed by atoms with Crippen molar-refractivity contribution < 1.29 is 9.26 Å². The third kappa shape index (κ3) is 2.79. The summed E-state index contributed by atoms with van der Waals surface area (Å²) in [5.74, 6) is 1.96. The normalized spacial score (nSPS) is 10.8. The van der Waals surface area contributed by atoms with E-state index in [-0.39, 0.29) is 0 Å². The van der Waals surface area contributed by atoms with Crippen LogP contribution in [0.4, 0.5) is 0 Å². The molecule has 0 radical (unpaired) electrons. The molecule has 0 aliphatic heterocycles. The van der Waals surface area contributed by atoms with Crippen molar-refractivity contribution in [3.05, 3.63) is 36.2 Å². The Morgan fingerprint density at radius 3 is 3.00 bits per heavy atom. The fourth-order valence-electron chi connectivity index (χ4n) is 2.05. The molecular formula is C15H16N4O2. The summed E-state index contributed by atoms with van der Waals surface area (Å²) in [5.41, 5.74) is 2.48. The average molecular weight is 284 g/mol. The van der Waals surface area contributed by atoms with Crippen LogP contribution in [-0.2, 0) is 6.42 Å². The second kappa shape index (κ2) is 5.78. The molecule has 0 aliphatic rings. The maximum atomic E-state index is 5.24.